The Morgan fingerprint density at radius 2 is 1.55 bits per heavy atom. The zero-order valence-electron chi connectivity index (χ0n) is 17.4. The van der Waals surface area contributed by atoms with Crippen molar-refractivity contribution in [2.45, 2.75) is 18.0 Å². The zero-order valence-corrected chi connectivity index (χ0v) is 18.2. The third kappa shape index (κ3) is 5.67. The number of hydrogen-bond acceptors (Lipinski definition) is 5. The number of amides is 1. The Balaban J connectivity index is 1.50. The van der Waals surface area contributed by atoms with Crippen molar-refractivity contribution in [3.8, 4) is 5.75 Å². The van der Waals surface area contributed by atoms with Crippen LogP contribution in [0.3, 0.4) is 0 Å². The zero-order chi connectivity index (χ0) is 23.3. The molecule has 33 heavy (non-hydrogen) atoms. The second kappa shape index (κ2) is 9.70. The summed E-state index contributed by atoms with van der Waals surface area (Å²) in [4.78, 5) is 14.6. The molecule has 0 aliphatic rings. The Kier molecular flexibility index (Phi) is 6.55. The van der Waals surface area contributed by atoms with Crippen LogP contribution in [0.25, 0.3) is 0 Å². The van der Waals surface area contributed by atoms with Crippen LogP contribution in [0.15, 0.2) is 107 Å². The van der Waals surface area contributed by atoms with Gasteiger partial charge in [-0.05, 0) is 66.2 Å². The van der Waals surface area contributed by atoms with Gasteiger partial charge in [0, 0.05) is 12.1 Å². The molecule has 0 atom stereocenters. The van der Waals surface area contributed by atoms with Gasteiger partial charge in [-0.15, -0.1) is 0 Å². The van der Waals surface area contributed by atoms with Crippen LogP contribution in [0.1, 0.15) is 21.7 Å². The Labute approximate surface area is 191 Å². The van der Waals surface area contributed by atoms with Crippen LogP contribution in [0.2, 0.25) is 0 Å². The summed E-state index contributed by atoms with van der Waals surface area (Å²) in [5, 5.41) is 0. The van der Waals surface area contributed by atoms with Crippen LogP contribution >= 0.6 is 0 Å². The first-order chi connectivity index (χ1) is 15.9. The van der Waals surface area contributed by atoms with Gasteiger partial charge >= 0.3 is 10.1 Å². The molecule has 3 aromatic carbocycles. The first-order valence-electron chi connectivity index (χ1n) is 10.1. The molecule has 1 amide bonds. The summed E-state index contributed by atoms with van der Waals surface area (Å²) in [5.74, 6) is 0.0494. The number of rotatable bonds is 8. The van der Waals surface area contributed by atoms with Gasteiger partial charge < -0.3 is 13.5 Å². The maximum absolute atomic E-state index is 13.1. The summed E-state index contributed by atoms with van der Waals surface area (Å²) in [6.07, 6.45) is 1.55. The van der Waals surface area contributed by atoms with Crippen LogP contribution in [0.4, 0.5) is 4.39 Å². The lowest BCUT2D eigenvalue weighted by molar-refractivity contribution is 0.0717. The number of carbonyl (C=O) groups is 1. The molecule has 0 saturated heterocycles. The quantitative estimate of drug-likeness (QED) is 0.341. The molecule has 0 N–H and O–H groups in total. The number of furan rings is 1. The van der Waals surface area contributed by atoms with Gasteiger partial charge in [0.1, 0.15) is 22.2 Å². The summed E-state index contributed by atoms with van der Waals surface area (Å²) < 4.78 is 48.4. The smallest absolute Gasteiger partial charge is 0.339 e. The average molecular weight is 466 g/mol. The predicted octanol–water partition coefficient (Wildman–Crippen LogP) is 5.03. The number of benzene rings is 3. The van der Waals surface area contributed by atoms with Crippen LogP contribution in [0.5, 0.6) is 5.75 Å². The fraction of sp³-hybridized carbons (Fsp3) is 0.0800. The van der Waals surface area contributed by atoms with Gasteiger partial charge in [-0.25, -0.2) is 4.39 Å². The standard InChI is InChI=1S/C25H20FNO5S/c26-21-10-14-24(15-11-21)33(29,30)32-22-12-8-19(9-13-22)17-27(18-23-7-4-16-31-23)25(28)20-5-2-1-3-6-20/h1-16H,17-18H2. The second-order valence-electron chi connectivity index (χ2n) is 7.24. The summed E-state index contributed by atoms with van der Waals surface area (Å²) >= 11 is 0. The van der Waals surface area contributed by atoms with Gasteiger partial charge in [-0.3, -0.25) is 4.79 Å². The Morgan fingerprint density at radius 1 is 0.848 bits per heavy atom. The number of hydrogen-bond donors (Lipinski definition) is 0. The number of nitrogens with zero attached hydrogens (tertiary/aromatic N) is 1. The van der Waals surface area contributed by atoms with Crippen LogP contribution in [-0.4, -0.2) is 19.2 Å². The third-order valence-electron chi connectivity index (χ3n) is 4.84. The fourth-order valence-corrected chi connectivity index (χ4v) is 4.13. The molecule has 168 valence electrons. The number of carbonyl (C=O) groups excluding carboxylic acids is 1. The molecule has 4 aromatic rings. The van der Waals surface area contributed by atoms with E-state index in [0.29, 0.717) is 11.3 Å². The van der Waals surface area contributed by atoms with Gasteiger partial charge in [0.25, 0.3) is 5.91 Å². The van der Waals surface area contributed by atoms with E-state index in [9.17, 15) is 17.6 Å². The van der Waals surface area contributed by atoms with Gasteiger partial charge in [0.05, 0.1) is 12.8 Å². The lowest BCUT2D eigenvalue weighted by Crippen LogP contribution is -2.30. The van der Waals surface area contributed by atoms with Crippen molar-refractivity contribution in [3.63, 3.8) is 0 Å². The van der Waals surface area contributed by atoms with E-state index < -0.39 is 15.9 Å². The minimum absolute atomic E-state index is 0.107. The second-order valence-corrected chi connectivity index (χ2v) is 8.79. The maximum atomic E-state index is 13.1. The van der Waals surface area contributed by atoms with Crippen LogP contribution in [0, 0.1) is 5.82 Å². The van der Waals surface area contributed by atoms with Crippen molar-refractivity contribution in [3.05, 3.63) is 120 Å². The van der Waals surface area contributed by atoms with E-state index in [1.807, 2.05) is 6.07 Å². The Hall–Kier alpha value is -3.91. The highest BCUT2D eigenvalue weighted by atomic mass is 32.2. The van der Waals surface area contributed by atoms with Gasteiger partial charge in [0.15, 0.2) is 0 Å². The van der Waals surface area contributed by atoms with E-state index in [4.69, 9.17) is 8.60 Å². The summed E-state index contributed by atoms with van der Waals surface area (Å²) in [6, 6.07) is 23.2. The Bertz CT molecular complexity index is 1300. The molecule has 0 bridgehead atoms. The van der Waals surface area contributed by atoms with E-state index in [1.54, 1.807) is 59.7 Å². The monoisotopic (exact) mass is 465 g/mol. The molecule has 0 saturated carbocycles. The molecule has 6 nitrogen and oxygen atoms in total. The molecule has 0 radical (unpaired) electrons. The molecule has 4 rings (SSSR count). The van der Waals surface area contributed by atoms with Crippen molar-refractivity contribution >= 4 is 16.0 Å². The van der Waals surface area contributed by atoms with Crippen molar-refractivity contribution in [2.24, 2.45) is 0 Å². The molecular weight excluding hydrogens is 445 g/mol. The van der Waals surface area contributed by atoms with E-state index in [0.717, 1.165) is 29.8 Å². The minimum Gasteiger partial charge on any atom is -0.467 e. The van der Waals surface area contributed by atoms with Gasteiger partial charge in [-0.2, -0.15) is 8.42 Å². The molecular formula is C25H20FNO5S. The third-order valence-corrected chi connectivity index (χ3v) is 6.10. The van der Waals surface area contributed by atoms with E-state index in [1.165, 1.54) is 12.1 Å². The van der Waals surface area contributed by atoms with E-state index in [2.05, 4.69) is 0 Å². The summed E-state index contributed by atoms with van der Waals surface area (Å²) in [7, 11) is -4.09. The molecule has 0 aliphatic carbocycles. The average Bonchev–Trinajstić information content (AvgIpc) is 3.33. The maximum Gasteiger partial charge on any atom is 0.339 e. The van der Waals surface area contributed by atoms with Gasteiger partial charge in [-0.1, -0.05) is 30.3 Å². The summed E-state index contributed by atoms with van der Waals surface area (Å²) in [5.41, 5.74) is 1.33. The first-order valence-corrected chi connectivity index (χ1v) is 11.5. The molecule has 0 fully saturated rings. The molecule has 8 heteroatoms. The van der Waals surface area contributed by atoms with Gasteiger partial charge in [0.2, 0.25) is 0 Å². The fourth-order valence-electron chi connectivity index (χ4n) is 3.20. The SMILES string of the molecule is O=C(c1ccccc1)N(Cc1ccc(OS(=O)(=O)c2ccc(F)cc2)cc1)Cc1ccco1. The van der Waals surface area contributed by atoms with Crippen molar-refractivity contribution in [1.82, 2.24) is 4.90 Å². The lowest BCUT2D eigenvalue weighted by Gasteiger charge is -2.22. The van der Waals surface area contributed by atoms with E-state index >= 15 is 0 Å². The topological polar surface area (TPSA) is 76.8 Å². The molecule has 0 unspecified atom stereocenters. The van der Waals surface area contributed by atoms with Crippen molar-refractivity contribution < 1.29 is 26.2 Å². The largest absolute Gasteiger partial charge is 0.467 e. The van der Waals surface area contributed by atoms with Crippen LogP contribution in [-0.2, 0) is 23.2 Å². The van der Waals surface area contributed by atoms with Crippen molar-refractivity contribution in [1.29, 1.82) is 0 Å². The lowest BCUT2D eigenvalue weighted by atomic mass is 10.1. The van der Waals surface area contributed by atoms with E-state index in [-0.39, 0.29) is 29.6 Å². The normalized spacial score (nSPS) is 11.2. The Morgan fingerprint density at radius 3 is 2.18 bits per heavy atom. The molecule has 1 heterocycles. The molecule has 0 aliphatic heterocycles. The highest BCUT2D eigenvalue weighted by molar-refractivity contribution is 7.87. The molecule has 1 aromatic heterocycles. The first kappa shape index (κ1) is 22.3. The minimum atomic E-state index is -4.09. The highest BCUT2D eigenvalue weighted by Crippen LogP contribution is 2.21. The predicted molar refractivity (Wildman–Crippen MR) is 119 cm³/mol. The van der Waals surface area contributed by atoms with Crippen molar-refractivity contribution in [2.75, 3.05) is 0 Å². The van der Waals surface area contributed by atoms with Crippen LogP contribution < -0.4 is 4.18 Å². The highest BCUT2D eigenvalue weighted by Gasteiger charge is 2.19. The molecule has 0 spiro atoms. The summed E-state index contributed by atoms with van der Waals surface area (Å²) in [6.45, 7) is 0.553. The number of halogens is 1.